The SMILES string of the molecule is CC1(C)c2ccccc2-c2cccc(-n3c4ccccc4c4cc(-c5ccc6c(c5)c5ccccc5n6-c5ccccc5)ccc43)c21.c1ccc(-c2ccc(-n3c4ccccc4c4cc(-c5cccc(-c6ccc7c(c6)c6ccccc6n7-c6ccccc6)c5)ccc43)cc2)cc1.c1ccc(-n2c3ccccc3c3ccc(-c4ccc(-c5ccc6c(c5)c5ccccc5n6-c5ccc6ccccc6c5)cc4)cc32)cc1. The van der Waals surface area contributed by atoms with E-state index in [0.717, 1.165) is 5.69 Å². The van der Waals surface area contributed by atoms with Crippen LogP contribution in [0.25, 0.3) is 254 Å². The lowest BCUT2D eigenvalue weighted by Crippen LogP contribution is -2.17. The van der Waals surface area contributed by atoms with Crippen molar-refractivity contribution in [2.75, 3.05) is 0 Å². The predicted octanol–water partition coefficient (Wildman–Crippen LogP) is 37.1. The molecule has 0 bridgehead atoms. The summed E-state index contributed by atoms with van der Waals surface area (Å²) in [5, 5.41) is 17.7. The molecule has 680 valence electrons. The minimum atomic E-state index is -0.103. The van der Waals surface area contributed by atoms with Gasteiger partial charge in [0, 0.05) is 98.5 Å². The first-order chi connectivity index (χ1) is 71.7. The third-order valence-corrected chi connectivity index (χ3v) is 30.5. The van der Waals surface area contributed by atoms with E-state index in [-0.39, 0.29) is 5.41 Å². The summed E-state index contributed by atoms with van der Waals surface area (Å²) in [5.41, 5.74) is 41.8. The Morgan fingerprint density at radius 1 is 0.138 bits per heavy atom. The van der Waals surface area contributed by atoms with Gasteiger partial charge in [0.2, 0.25) is 0 Å². The number of para-hydroxylation sites is 9. The average Bonchev–Trinajstić information content (AvgIpc) is 1.54. The van der Waals surface area contributed by atoms with Gasteiger partial charge in [-0.15, -0.1) is 0 Å². The van der Waals surface area contributed by atoms with Crippen molar-refractivity contribution in [2.45, 2.75) is 19.3 Å². The molecule has 0 unspecified atom stereocenters. The highest BCUT2D eigenvalue weighted by Gasteiger charge is 2.38. The van der Waals surface area contributed by atoms with Crippen molar-refractivity contribution >= 4 is 142 Å². The third-order valence-electron chi connectivity index (χ3n) is 30.5. The molecule has 0 saturated carbocycles. The summed E-state index contributed by atoms with van der Waals surface area (Å²) >= 11 is 0. The highest BCUT2D eigenvalue weighted by molar-refractivity contribution is 6.17. The number of benzene rings is 23. The molecule has 0 fully saturated rings. The van der Waals surface area contributed by atoms with Gasteiger partial charge in [-0.25, -0.2) is 0 Å². The van der Waals surface area contributed by atoms with Crippen LogP contribution in [0.2, 0.25) is 0 Å². The Balaban J connectivity index is 0.000000106. The molecular formula is C139H94N6. The highest BCUT2D eigenvalue weighted by Crippen LogP contribution is 2.53. The molecule has 0 radical (unpaired) electrons. The summed E-state index contributed by atoms with van der Waals surface area (Å²) in [6, 6.07) is 195. The summed E-state index contributed by atoms with van der Waals surface area (Å²) in [7, 11) is 0. The van der Waals surface area contributed by atoms with Gasteiger partial charge < -0.3 is 27.4 Å². The number of rotatable bonds is 12. The fourth-order valence-electron chi connectivity index (χ4n) is 23.8. The van der Waals surface area contributed by atoms with Gasteiger partial charge in [-0.2, -0.15) is 0 Å². The van der Waals surface area contributed by atoms with Crippen molar-refractivity contribution in [1.29, 1.82) is 0 Å². The topological polar surface area (TPSA) is 29.6 Å². The lowest BCUT2D eigenvalue weighted by molar-refractivity contribution is 0.656. The Morgan fingerprint density at radius 3 is 0.848 bits per heavy atom. The number of aromatic nitrogens is 6. The standard InChI is InChI=1S/C48H32N2.C46H30N2.C45H32N2/c1-3-12-33(13-4-1)34-22-26-40(27-23-34)50-46-21-10-8-19-42(46)44-32-38(25-29-48(44)50)36-15-11-14-35(30-36)37-24-28-47-43(31-37)41-18-7-9-20-45(41)49(47)39-16-5-2-6-17-39;1-2-12-37(13-3-1)47-43-16-8-6-14-39(43)41-26-23-36(30-46(41)47)33-20-18-32(19-21-33)35-24-27-45-42(29-35)40-15-7-9-17-44(40)48(45)38-25-22-31-10-4-5-11-34(31)28-38;1-45(2)38-19-9-6-15-32(38)35-18-12-22-43(44(35)45)47-40-21-11-8-17-34(40)37-28-30(24-26-42(37)47)29-23-25-41-36(27-29)33-16-7-10-20-39(33)46(41)31-13-4-3-5-14-31/h1-32H;1-30H;3-28H,1-2H3. The Hall–Kier alpha value is -18.9. The second-order valence-electron chi connectivity index (χ2n) is 39.0. The summed E-state index contributed by atoms with van der Waals surface area (Å²) in [4.78, 5) is 0. The summed E-state index contributed by atoms with van der Waals surface area (Å²) in [6.07, 6.45) is 0. The van der Waals surface area contributed by atoms with Gasteiger partial charge in [-0.3, -0.25) is 0 Å². The number of nitrogens with zero attached hydrogens (tertiary/aromatic N) is 6. The molecule has 29 aromatic rings. The average molecular weight is 1850 g/mol. The molecule has 0 atom stereocenters. The van der Waals surface area contributed by atoms with Crippen LogP contribution in [-0.4, -0.2) is 27.4 Å². The van der Waals surface area contributed by atoms with Crippen LogP contribution in [0.5, 0.6) is 0 Å². The first-order valence-electron chi connectivity index (χ1n) is 50.2. The highest BCUT2D eigenvalue weighted by atomic mass is 15.0. The summed E-state index contributed by atoms with van der Waals surface area (Å²) in [6.45, 7) is 4.75. The normalized spacial score (nSPS) is 12.3. The van der Waals surface area contributed by atoms with Crippen LogP contribution in [0.15, 0.2) is 534 Å². The zero-order valence-electron chi connectivity index (χ0n) is 80.0. The van der Waals surface area contributed by atoms with Crippen LogP contribution < -0.4 is 0 Å². The van der Waals surface area contributed by atoms with Gasteiger partial charge in [0.15, 0.2) is 0 Å². The van der Waals surface area contributed by atoms with Crippen molar-refractivity contribution in [2.24, 2.45) is 0 Å². The maximum atomic E-state index is 2.50. The van der Waals surface area contributed by atoms with Gasteiger partial charge in [0.1, 0.15) is 0 Å². The first kappa shape index (κ1) is 84.2. The Bertz CT molecular complexity index is 10200. The molecule has 0 N–H and O–H groups in total. The molecule has 30 rings (SSSR count). The van der Waals surface area contributed by atoms with Gasteiger partial charge >= 0.3 is 0 Å². The summed E-state index contributed by atoms with van der Waals surface area (Å²) in [5.74, 6) is 0. The minimum absolute atomic E-state index is 0.103. The maximum absolute atomic E-state index is 2.50. The van der Waals surface area contributed by atoms with E-state index in [2.05, 4.69) is 575 Å². The summed E-state index contributed by atoms with van der Waals surface area (Å²) < 4.78 is 14.4. The number of hydrogen-bond acceptors (Lipinski definition) is 0. The van der Waals surface area contributed by atoms with Gasteiger partial charge in [-0.05, 0) is 276 Å². The zero-order chi connectivity index (χ0) is 95.9. The van der Waals surface area contributed by atoms with Crippen LogP contribution in [0, 0.1) is 0 Å². The second kappa shape index (κ2) is 34.3. The first-order valence-corrected chi connectivity index (χ1v) is 50.2. The fourth-order valence-corrected chi connectivity index (χ4v) is 23.8. The van der Waals surface area contributed by atoms with Gasteiger partial charge in [0.05, 0.1) is 71.9 Å². The number of fused-ring (bicyclic) bond motifs is 22. The molecule has 1 aliphatic rings. The van der Waals surface area contributed by atoms with Crippen molar-refractivity contribution in [3.8, 4) is 112 Å². The lowest BCUT2D eigenvalue weighted by atomic mass is 9.81. The molecule has 0 amide bonds. The van der Waals surface area contributed by atoms with Crippen LogP contribution in [0.1, 0.15) is 25.0 Å². The molecular weight excluding hydrogens is 1750 g/mol. The Kier molecular flexibility index (Phi) is 19.9. The molecule has 6 nitrogen and oxygen atoms in total. The van der Waals surface area contributed by atoms with Crippen LogP contribution >= 0.6 is 0 Å². The van der Waals surface area contributed by atoms with Crippen LogP contribution in [-0.2, 0) is 5.41 Å². The van der Waals surface area contributed by atoms with Crippen molar-refractivity contribution in [3.63, 3.8) is 0 Å². The van der Waals surface area contributed by atoms with Crippen molar-refractivity contribution in [1.82, 2.24) is 27.4 Å². The minimum Gasteiger partial charge on any atom is -0.309 e. The molecule has 0 saturated heterocycles. The molecule has 1 aliphatic carbocycles. The molecule has 0 aliphatic heterocycles. The largest absolute Gasteiger partial charge is 0.309 e. The monoisotopic (exact) mass is 1850 g/mol. The van der Waals surface area contributed by atoms with E-state index in [1.54, 1.807) is 0 Å². The smallest absolute Gasteiger partial charge is 0.0547 e. The number of hydrogen-bond donors (Lipinski definition) is 0. The Labute approximate surface area is 839 Å². The second-order valence-corrected chi connectivity index (χ2v) is 39.0. The van der Waals surface area contributed by atoms with Crippen molar-refractivity contribution < 1.29 is 0 Å². The van der Waals surface area contributed by atoms with Gasteiger partial charge in [-0.1, -0.05) is 372 Å². The van der Waals surface area contributed by atoms with E-state index in [9.17, 15) is 0 Å². The molecule has 6 heteroatoms. The molecule has 145 heavy (non-hydrogen) atoms. The van der Waals surface area contributed by atoms with Crippen molar-refractivity contribution in [3.05, 3.63) is 545 Å². The fraction of sp³-hybridized carbons (Fsp3) is 0.0216. The van der Waals surface area contributed by atoms with E-state index in [1.165, 1.54) is 259 Å². The zero-order valence-corrected chi connectivity index (χ0v) is 80.0. The third kappa shape index (κ3) is 14.0. The van der Waals surface area contributed by atoms with E-state index >= 15 is 0 Å². The van der Waals surface area contributed by atoms with E-state index in [0.29, 0.717) is 0 Å². The lowest BCUT2D eigenvalue weighted by Gasteiger charge is -2.25. The van der Waals surface area contributed by atoms with Crippen LogP contribution in [0.3, 0.4) is 0 Å². The molecule has 23 aromatic carbocycles. The predicted molar refractivity (Wildman–Crippen MR) is 613 cm³/mol. The maximum Gasteiger partial charge on any atom is 0.0547 e. The van der Waals surface area contributed by atoms with E-state index < -0.39 is 0 Å². The quantitative estimate of drug-likeness (QED) is 0.117. The van der Waals surface area contributed by atoms with Gasteiger partial charge in [0.25, 0.3) is 0 Å². The van der Waals surface area contributed by atoms with Crippen LogP contribution in [0.4, 0.5) is 0 Å². The molecule has 0 spiro atoms. The van der Waals surface area contributed by atoms with E-state index in [1.807, 2.05) is 0 Å². The molecule has 6 aromatic heterocycles. The Morgan fingerprint density at radius 2 is 0.400 bits per heavy atom. The van der Waals surface area contributed by atoms with E-state index in [4.69, 9.17) is 0 Å². The molecule has 6 heterocycles.